The quantitative estimate of drug-likeness (QED) is 0.773. The van der Waals surface area contributed by atoms with Gasteiger partial charge in [0, 0.05) is 11.0 Å². The van der Waals surface area contributed by atoms with Crippen molar-refractivity contribution in [1.82, 2.24) is 4.57 Å². The number of benzene rings is 1. The molecule has 0 saturated heterocycles. The summed E-state index contributed by atoms with van der Waals surface area (Å²) >= 11 is 9.42. The summed E-state index contributed by atoms with van der Waals surface area (Å²) in [5, 5.41) is 10.3. The lowest BCUT2D eigenvalue weighted by Crippen LogP contribution is -1.96. The molecule has 0 unspecified atom stereocenters. The van der Waals surface area contributed by atoms with Crippen LogP contribution in [0.4, 0.5) is 0 Å². The second-order valence-electron chi connectivity index (χ2n) is 3.29. The highest BCUT2D eigenvalue weighted by Gasteiger charge is 2.07. The van der Waals surface area contributed by atoms with Gasteiger partial charge in [0.25, 0.3) is 0 Å². The summed E-state index contributed by atoms with van der Waals surface area (Å²) in [5.74, 6) is 0. The highest BCUT2D eigenvalue weighted by atomic mass is 79.9. The van der Waals surface area contributed by atoms with E-state index in [9.17, 15) is 0 Å². The standard InChI is InChI=1S/C12H8BrClN2/c13-7-9-1-3-10(4-2-9)16-11(8-15)5-6-12(16)14/h1-6H,7H2. The van der Waals surface area contributed by atoms with Crippen molar-refractivity contribution in [3.05, 3.63) is 52.8 Å². The molecule has 0 radical (unpaired) electrons. The molecule has 0 atom stereocenters. The third kappa shape index (κ3) is 1.99. The maximum atomic E-state index is 8.96. The van der Waals surface area contributed by atoms with E-state index < -0.39 is 0 Å². The molecule has 2 nitrogen and oxygen atoms in total. The van der Waals surface area contributed by atoms with Crippen molar-refractivity contribution in [1.29, 1.82) is 5.26 Å². The fourth-order valence-corrected chi connectivity index (χ4v) is 2.12. The van der Waals surface area contributed by atoms with Gasteiger partial charge in [-0.2, -0.15) is 5.26 Å². The molecule has 1 aromatic heterocycles. The topological polar surface area (TPSA) is 28.7 Å². The second-order valence-corrected chi connectivity index (χ2v) is 4.24. The van der Waals surface area contributed by atoms with Gasteiger partial charge in [0.05, 0.1) is 0 Å². The third-order valence-corrected chi connectivity index (χ3v) is 3.24. The normalized spacial score (nSPS) is 10.1. The molecule has 4 heteroatoms. The summed E-state index contributed by atoms with van der Waals surface area (Å²) in [7, 11) is 0. The lowest BCUT2D eigenvalue weighted by molar-refractivity contribution is 1.05. The number of nitrogens with zero attached hydrogens (tertiary/aromatic N) is 2. The molecule has 16 heavy (non-hydrogen) atoms. The zero-order valence-electron chi connectivity index (χ0n) is 8.32. The van der Waals surface area contributed by atoms with Crippen LogP contribution in [0, 0.1) is 11.3 Å². The van der Waals surface area contributed by atoms with E-state index in [1.54, 1.807) is 16.7 Å². The molecule has 0 aliphatic carbocycles. The van der Waals surface area contributed by atoms with Gasteiger partial charge in [-0.25, -0.2) is 0 Å². The van der Waals surface area contributed by atoms with Crippen molar-refractivity contribution in [3.63, 3.8) is 0 Å². The SMILES string of the molecule is N#Cc1ccc(Cl)n1-c1ccc(CBr)cc1. The van der Waals surface area contributed by atoms with Crippen molar-refractivity contribution >= 4 is 27.5 Å². The molecular formula is C12H8BrClN2. The van der Waals surface area contributed by atoms with Crippen LogP contribution >= 0.6 is 27.5 Å². The molecule has 0 aliphatic rings. The van der Waals surface area contributed by atoms with E-state index in [-0.39, 0.29) is 0 Å². The van der Waals surface area contributed by atoms with Crippen LogP contribution < -0.4 is 0 Å². The van der Waals surface area contributed by atoms with Gasteiger partial charge in [-0.3, -0.25) is 4.57 Å². The Balaban J connectivity index is 2.50. The predicted octanol–water partition coefficient (Wildman–Crippen LogP) is 3.90. The molecule has 1 heterocycles. The summed E-state index contributed by atoms with van der Waals surface area (Å²) in [4.78, 5) is 0. The van der Waals surface area contributed by atoms with Crippen LogP contribution in [0.5, 0.6) is 0 Å². The Morgan fingerprint density at radius 1 is 1.19 bits per heavy atom. The minimum atomic E-state index is 0.539. The van der Waals surface area contributed by atoms with E-state index in [0.29, 0.717) is 10.8 Å². The average molecular weight is 296 g/mol. The van der Waals surface area contributed by atoms with Crippen molar-refractivity contribution in [2.24, 2.45) is 0 Å². The maximum Gasteiger partial charge on any atom is 0.125 e. The maximum absolute atomic E-state index is 8.96. The number of nitriles is 1. The first-order valence-corrected chi connectivity index (χ1v) is 6.19. The van der Waals surface area contributed by atoms with E-state index in [1.165, 1.54) is 5.56 Å². The highest BCUT2D eigenvalue weighted by Crippen LogP contribution is 2.21. The molecule has 0 saturated carbocycles. The smallest absolute Gasteiger partial charge is 0.125 e. The Hall–Kier alpha value is -1.24. The van der Waals surface area contributed by atoms with Crippen molar-refractivity contribution in [3.8, 4) is 11.8 Å². The Bertz CT molecular complexity index is 537. The summed E-state index contributed by atoms with van der Waals surface area (Å²) in [5.41, 5.74) is 2.62. The van der Waals surface area contributed by atoms with Gasteiger partial charge in [0.1, 0.15) is 16.9 Å². The monoisotopic (exact) mass is 294 g/mol. The summed E-state index contributed by atoms with van der Waals surface area (Å²) in [6, 6.07) is 13.4. The second kappa shape index (κ2) is 4.73. The van der Waals surface area contributed by atoms with Gasteiger partial charge in [-0.15, -0.1) is 0 Å². The van der Waals surface area contributed by atoms with Crippen LogP contribution in [0.1, 0.15) is 11.3 Å². The lowest BCUT2D eigenvalue weighted by atomic mass is 10.2. The number of aromatic nitrogens is 1. The number of halogens is 2. The van der Waals surface area contributed by atoms with Gasteiger partial charge < -0.3 is 0 Å². The van der Waals surface area contributed by atoms with Crippen LogP contribution in [-0.2, 0) is 5.33 Å². The Morgan fingerprint density at radius 3 is 2.44 bits per heavy atom. The van der Waals surface area contributed by atoms with Crippen LogP contribution in [0.25, 0.3) is 5.69 Å². The fourth-order valence-electron chi connectivity index (χ4n) is 1.50. The summed E-state index contributed by atoms with van der Waals surface area (Å²) in [6.07, 6.45) is 0. The van der Waals surface area contributed by atoms with Crippen LogP contribution in [0.15, 0.2) is 36.4 Å². The van der Waals surface area contributed by atoms with E-state index in [2.05, 4.69) is 22.0 Å². The van der Waals surface area contributed by atoms with Gasteiger partial charge in [0.15, 0.2) is 0 Å². The molecule has 2 rings (SSSR count). The highest BCUT2D eigenvalue weighted by molar-refractivity contribution is 9.08. The molecule has 1 aromatic carbocycles. The van der Waals surface area contributed by atoms with Crippen molar-refractivity contribution < 1.29 is 0 Å². The first-order chi connectivity index (χ1) is 7.76. The lowest BCUT2D eigenvalue weighted by Gasteiger charge is -2.07. The van der Waals surface area contributed by atoms with Crippen molar-refractivity contribution in [2.75, 3.05) is 0 Å². The number of hydrogen-bond acceptors (Lipinski definition) is 1. The molecule has 2 aromatic rings. The number of hydrogen-bond donors (Lipinski definition) is 0. The van der Waals surface area contributed by atoms with E-state index in [1.807, 2.05) is 24.3 Å². The summed E-state index contributed by atoms with van der Waals surface area (Å²) < 4.78 is 1.72. The van der Waals surface area contributed by atoms with Gasteiger partial charge in [-0.05, 0) is 29.8 Å². The Labute approximate surface area is 107 Å². The van der Waals surface area contributed by atoms with Crippen LogP contribution in [0.2, 0.25) is 5.15 Å². The average Bonchev–Trinajstić information content (AvgIpc) is 2.70. The van der Waals surface area contributed by atoms with E-state index in [0.717, 1.165) is 11.0 Å². The number of rotatable bonds is 2. The molecular weight excluding hydrogens is 288 g/mol. The Morgan fingerprint density at radius 2 is 1.88 bits per heavy atom. The van der Waals surface area contributed by atoms with Crippen LogP contribution in [0.3, 0.4) is 0 Å². The van der Waals surface area contributed by atoms with Crippen molar-refractivity contribution in [2.45, 2.75) is 5.33 Å². The molecule has 80 valence electrons. The molecule has 0 amide bonds. The minimum Gasteiger partial charge on any atom is -0.292 e. The third-order valence-electron chi connectivity index (χ3n) is 2.30. The van der Waals surface area contributed by atoms with Gasteiger partial charge in [0.2, 0.25) is 0 Å². The van der Waals surface area contributed by atoms with E-state index in [4.69, 9.17) is 16.9 Å². The molecule has 0 spiro atoms. The van der Waals surface area contributed by atoms with E-state index >= 15 is 0 Å². The zero-order valence-corrected chi connectivity index (χ0v) is 10.7. The molecule has 0 bridgehead atoms. The molecule has 0 N–H and O–H groups in total. The predicted molar refractivity (Wildman–Crippen MR) is 68.1 cm³/mol. The van der Waals surface area contributed by atoms with Crippen LogP contribution in [-0.4, -0.2) is 4.57 Å². The van der Waals surface area contributed by atoms with Gasteiger partial charge >= 0.3 is 0 Å². The number of alkyl halides is 1. The minimum absolute atomic E-state index is 0.539. The zero-order chi connectivity index (χ0) is 11.5. The first-order valence-electron chi connectivity index (χ1n) is 4.69. The fraction of sp³-hybridized carbons (Fsp3) is 0.0833. The Kier molecular flexibility index (Phi) is 3.33. The molecule has 0 aliphatic heterocycles. The molecule has 0 fully saturated rings. The van der Waals surface area contributed by atoms with Gasteiger partial charge in [-0.1, -0.05) is 39.7 Å². The first kappa shape index (κ1) is 11.3. The summed E-state index contributed by atoms with van der Waals surface area (Å²) in [6.45, 7) is 0. The largest absolute Gasteiger partial charge is 0.292 e.